The van der Waals surface area contributed by atoms with E-state index in [0.29, 0.717) is 22.9 Å². The van der Waals surface area contributed by atoms with Gasteiger partial charge in [-0.2, -0.15) is 11.8 Å². The Labute approximate surface area is 244 Å². The van der Waals surface area contributed by atoms with Gasteiger partial charge in [0.2, 0.25) is 0 Å². The molecule has 3 aromatic carbocycles. The maximum Gasteiger partial charge on any atom is 0.336 e. The molecule has 0 spiro atoms. The van der Waals surface area contributed by atoms with Gasteiger partial charge in [0.25, 0.3) is 0 Å². The van der Waals surface area contributed by atoms with E-state index in [4.69, 9.17) is 28.2 Å². The molecular formula is C32H33Cl2NO3S. The number of benzene rings is 3. The number of hydrogen-bond acceptors (Lipinski definition) is 4. The Morgan fingerprint density at radius 3 is 2.46 bits per heavy atom. The number of thioether (sulfide) groups is 1. The van der Waals surface area contributed by atoms with Gasteiger partial charge in [-0.05, 0) is 98.7 Å². The first-order valence-electron chi connectivity index (χ1n) is 13.1. The molecule has 0 fully saturated rings. The molecular weight excluding hydrogens is 549 g/mol. The van der Waals surface area contributed by atoms with Gasteiger partial charge < -0.3 is 10.2 Å². The van der Waals surface area contributed by atoms with Crippen molar-refractivity contribution in [2.75, 3.05) is 5.75 Å². The lowest BCUT2D eigenvalue weighted by Gasteiger charge is -2.22. The first-order chi connectivity index (χ1) is 18.6. The van der Waals surface area contributed by atoms with Crippen molar-refractivity contribution in [3.8, 4) is 0 Å². The van der Waals surface area contributed by atoms with Crippen molar-refractivity contribution in [2.45, 2.75) is 56.8 Å². The van der Waals surface area contributed by atoms with Crippen molar-refractivity contribution in [3.05, 3.63) is 111 Å². The van der Waals surface area contributed by atoms with Crippen LogP contribution in [-0.2, 0) is 19.3 Å². The van der Waals surface area contributed by atoms with Crippen molar-refractivity contribution >= 4 is 51.8 Å². The van der Waals surface area contributed by atoms with Crippen LogP contribution in [0.5, 0.6) is 0 Å². The van der Waals surface area contributed by atoms with Crippen molar-refractivity contribution in [2.24, 2.45) is 0 Å². The van der Waals surface area contributed by atoms with Crippen molar-refractivity contribution in [3.63, 3.8) is 0 Å². The van der Waals surface area contributed by atoms with Crippen LogP contribution in [0.25, 0.3) is 10.9 Å². The van der Waals surface area contributed by atoms with Crippen LogP contribution in [0.4, 0.5) is 0 Å². The number of rotatable bonds is 12. The number of fused-ring (bicyclic) bond motifs is 1. The van der Waals surface area contributed by atoms with E-state index in [1.807, 2.05) is 38.1 Å². The summed E-state index contributed by atoms with van der Waals surface area (Å²) in [5, 5.41) is 22.2. The monoisotopic (exact) mass is 581 g/mol. The Morgan fingerprint density at radius 2 is 1.69 bits per heavy atom. The molecule has 2 N–H and O–H groups in total. The lowest BCUT2D eigenvalue weighted by atomic mass is 9.97. The van der Waals surface area contributed by atoms with Gasteiger partial charge in [-0.1, -0.05) is 65.7 Å². The summed E-state index contributed by atoms with van der Waals surface area (Å²) in [5.41, 5.74) is 4.65. The maximum absolute atomic E-state index is 11.8. The Morgan fingerprint density at radius 1 is 0.949 bits per heavy atom. The van der Waals surface area contributed by atoms with Crippen LogP contribution in [0, 0.1) is 0 Å². The summed E-state index contributed by atoms with van der Waals surface area (Å²) in [4.78, 5) is 16.6. The predicted molar refractivity (Wildman–Crippen MR) is 163 cm³/mol. The minimum Gasteiger partial charge on any atom is -0.478 e. The van der Waals surface area contributed by atoms with E-state index < -0.39 is 11.6 Å². The molecule has 0 bridgehead atoms. The normalized spacial score (nSPS) is 12.5. The second-order valence-electron chi connectivity index (χ2n) is 10.5. The molecule has 0 amide bonds. The van der Waals surface area contributed by atoms with Gasteiger partial charge in [0, 0.05) is 26.4 Å². The van der Waals surface area contributed by atoms with Crippen LogP contribution in [0.1, 0.15) is 64.7 Å². The molecule has 4 aromatic rings. The first-order valence-corrected chi connectivity index (χ1v) is 14.9. The second kappa shape index (κ2) is 13.2. The van der Waals surface area contributed by atoms with E-state index in [1.54, 1.807) is 17.8 Å². The number of hydrogen-bond donors (Lipinski definition) is 2. The fourth-order valence-corrected chi connectivity index (χ4v) is 6.41. The van der Waals surface area contributed by atoms with Crippen LogP contribution in [0.3, 0.4) is 0 Å². The van der Waals surface area contributed by atoms with E-state index in [9.17, 15) is 15.0 Å². The molecule has 0 aliphatic carbocycles. The van der Waals surface area contributed by atoms with E-state index in [0.717, 1.165) is 47.2 Å². The number of nitrogens with zero attached hydrogens (tertiary/aromatic N) is 1. The molecule has 1 aromatic heterocycles. The predicted octanol–water partition coefficient (Wildman–Crippen LogP) is 8.59. The van der Waals surface area contributed by atoms with Gasteiger partial charge in [0.15, 0.2) is 0 Å². The molecule has 0 aliphatic heterocycles. The molecule has 1 unspecified atom stereocenters. The molecule has 0 saturated carbocycles. The summed E-state index contributed by atoms with van der Waals surface area (Å²) in [6.07, 6.45) is 3.73. The van der Waals surface area contributed by atoms with Crippen molar-refractivity contribution in [1.82, 2.24) is 4.98 Å². The third kappa shape index (κ3) is 8.71. The Bertz CT molecular complexity index is 1450. The molecule has 0 radical (unpaired) electrons. The highest BCUT2D eigenvalue weighted by Crippen LogP contribution is 2.36. The number of carboxylic acid groups (broad SMARTS) is 1. The van der Waals surface area contributed by atoms with Crippen LogP contribution in [-0.4, -0.2) is 32.5 Å². The molecule has 7 heteroatoms. The van der Waals surface area contributed by atoms with Gasteiger partial charge in [0.05, 0.1) is 16.7 Å². The topological polar surface area (TPSA) is 70.4 Å². The molecule has 0 saturated heterocycles. The molecule has 0 aliphatic rings. The molecule has 4 rings (SSSR count). The zero-order valence-electron chi connectivity index (χ0n) is 22.2. The quantitative estimate of drug-likeness (QED) is 0.175. The zero-order valence-corrected chi connectivity index (χ0v) is 24.5. The highest BCUT2D eigenvalue weighted by atomic mass is 35.5. The number of aliphatic hydroxyl groups is 1. The van der Waals surface area contributed by atoms with Gasteiger partial charge in [-0.25, -0.2) is 4.79 Å². The first kappa shape index (κ1) is 29.4. The highest BCUT2D eigenvalue weighted by molar-refractivity contribution is 7.99. The third-order valence-corrected chi connectivity index (χ3v) is 8.54. The van der Waals surface area contributed by atoms with Crippen molar-refractivity contribution < 1.29 is 15.0 Å². The summed E-state index contributed by atoms with van der Waals surface area (Å²) >= 11 is 14.0. The van der Waals surface area contributed by atoms with Crippen molar-refractivity contribution in [1.29, 1.82) is 0 Å². The molecule has 4 nitrogen and oxygen atoms in total. The Kier molecular flexibility index (Phi) is 9.95. The number of aryl methyl sites for hydroxylation is 3. The Balaban J connectivity index is 1.50. The fourth-order valence-electron chi connectivity index (χ4n) is 4.54. The molecule has 39 heavy (non-hydrogen) atoms. The number of aromatic nitrogens is 1. The van der Waals surface area contributed by atoms with Crippen LogP contribution >= 0.6 is 35.0 Å². The summed E-state index contributed by atoms with van der Waals surface area (Å²) in [6, 6.07) is 23.6. The summed E-state index contributed by atoms with van der Waals surface area (Å²) in [7, 11) is 0. The number of aromatic carboxylic acids is 1. The fraction of sp³-hybridized carbons (Fsp3) is 0.312. The summed E-state index contributed by atoms with van der Waals surface area (Å²) < 4.78 is 0. The average molecular weight is 583 g/mol. The largest absolute Gasteiger partial charge is 0.478 e. The van der Waals surface area contributed by atoms with Gasteiger partial charge in [-0.3, -0.25) is 4.98 Å². The van der Waals surface area contributed by atoms with Crippen LogP contribution in [0.15, 0.2) is 72.8 Å². The summed E-state index contributed by atoms with van der Waals surface area (Å²) in [5.74, 6) is -0.167. The van der Waals surface area contributed by atoms with E-state index in [-0.39, 0.29) is 10.8 Å². The van der Waals surface area contributed by atoms with Crippen LogP contribution in [0.2, 0.25) is 10.0 Å². The van der Waals surface area contributed by atoms with E-state index in [2.05, 4.69) is 36.4 Å². The molecule has 1 heterocycles. The zero-order chi connectivity index (χ0) is 28.0. The smallest absolute Gasteiger partial charge is 0.336 e. The van der Waals surface area contributed by atoms with Gasteiger partial charge in [0.1, 0.15) is 0 Å². The third-order valence-electron chi connectivity index (χ3n) is 6.72. The number of halogens is 2. The number of pyridine rings is 1. The van der Waals surface area contributed by atoms with Crippen LogP contribution < -0.4 is 0 Å². The maximum atomic E-state index is 11.8. The summed E-state index contributed by atoms with van der Waals surface area (Å²) in [6.45, 7) is 3.65. The lowest BCUT2D eigenvalue weighted by molar-refractivity contribution is 0.0694. The lowest BCUT2D eigenvalue weighted by Crippen LogP contribution is -2.19. The molecule has 204 valence electrons. The highest BCUT2D eigenvalue weighted by Gasteiger charge is 2.19. The minimum atomic E-state index is -0.967. The Hall–Kier alpha value is -2.57. The van der Waals surface area contributed by atoms with E-state index in [1.165, 1.54) is 17.2 Å². The standard InChI is InChI=1S/C32H33Cl2NO3S/c1-32(2,38)16-17-39-30(15-10-22-7-11-25(33)19-28(22)31(36)37)24-5-3-4-21(18-24)6-13-27-14-9-23-8-12-26(34)20-29(23)35-27/h3-5,7-9,11-12,14,18-20,30,38H,6,10,13,15-17H2,1-2H3,(H,36,37). The van der Waals surface area contributed by atoms with E-state index >= 15 is 0 Å². The second-order valence-corrected chi connectivity index (χ2v) is 12.6. The number of carbonyl (C=O) groups is 1. The SMILES string of the molecule is CC(C)(O)CCSC(CCc1ccc(Cl)cc1C(=O)O)c1cccc(CCc2ccc3ccc(Cl)cc3n2)c1. The minimum absolute atomic E-state index is 0.158. The average Bonchev–Trinajstić information content (AvgIpc) is 2.89. The number of carboxylic acids is 1. The van der Waals surface area contributed by atoms with Gasteiger partial charge >= 0.3 is 5.97 Å². The van der Waals surface area contributed by atoms with Gasteiger partial charge in [-0.15, -0.1) is 0 Å². The molecule has 1 atom stereocenters.